The molecule has 0 radical (unpaired) electrons. The van der Waals surface area contributed by atoms with Crippen molar-refractivity contribution >= 4 is 5.78 Å². The minimum Gasteiger partial charge on any atom is -0.314 e. The predicted octanol–water partition coefficient (Wildman–Crippen LogP) is 1.43. The lowest BCUT2D eigenvalue weighted by Gasteiger charge is -2.41. The van der Waals surface area contributed by atoms with Crippen LogP contribution < -0.4 is 5.32 Å². The fraction of sp³-hybridized carbons (Fsp3) is 0.923. The monoisotopic (exact) mass is 224 g/mol. The molecule has 16 heavy (non-hydrogen) atoms. The molecule has 0 bridgehead atoms. The molecule has 2 aliphatic rings. The second-order valence-electron chi connectivity index (χ2n) is 5.72. The Hall–Kier alpha value is -0.410. The highest BCUT2D eigenvalue weighted by Gasteiger charge is 2.36. The van der Waals surface area contributed by atoms with Crippen LogP contribution in [0.15, 0.2) is 0 Å². The summed E-state index contributed by atoms with van der Waals surface area (Å²) in [6, 6.07) is 0. The van der Waals surface area contributed by atoms with Crippen molar-refractivity contribution in [3.63, 3.8) is 0 Å². The third-order valence-corrected chi connectivity index (χ3v) is 4.29. The summed E-state index contributed by atoms with van der Waals surface area (Å²) in [5.41, 5.74) is -0.252. The van der Waals surface area contributed by atoms with Gasteiger partial charge in [0.25, 0.3) is 0 Å². The van der Waals surface area contributed by atoms with Gasteiger partial charge in [0.1, 0.15) is 0 Å². The van der Waals surface area contributed by atoms with Crippen molar-refractivity contribution in [2.75, 3.05) is 26.2 Å². The minimum absolute atomic E-state index is 0.252. The molecule has 2 rings (SSSR count). The first-order valence-corrected chi connectivity index (χ1v) is 6.60. The third kappa shape index (κ3) is 2.46. The zero-order valence-corrected chi connectivity index (χ0v) is 10.6. The van der Waals surface area contributed by atoms with Crippen molar-refractivity contribution in [3.05, 3.63) is 0 Å². The van der Waals surface area contributed by atoms with E-state index in [9.17, 15) is 4.79 Å². The van der Waals surface area contributed by atoms with Crippen LogP contribution in [0.1, 0.15) is 39.5 Å². The van der Waals surface area contributed by atoms with E-state index in [2.05, 4.69) is 24.1 Å². The standard InChI is InChI=1S/C13H24N2O/c1-13(2,15-8-6-14-7-9-15)12(16)10-11-4-3-5-11/h11,14H,3-10H2,1-2H3. The highest BCUT2D eigenvalue weighted by Crippen LogP contribution is 2.32. The van der Waals surface area contributed by atoms with Gasteiger partial charge in [-0.1, -0.05) is 19.3 Å². The largest absolute Gasteiger partial charge is 0.314 e. The third-order valence-electron chi connectivity index (χ3n) is 4.29. The van der Waals surface area contributed by atoms with Gasteiger partial charge in [-0.25, -0.2) is 0 Å². The topological polar surface area (TPSA) is 32.3 Å². The molecule has 1 aliphatic carbocycles. The van der Waals surface area contributed by atoms with Gasteiger partial charge in [0.2, 0.25) is 0 Å². The molecule has 0 aromatic carbocycles. The molecule has 0 atom stereocenters. The van der Waals surface area contributed by atoms with E-state index in [4.69, 9.17) is 0 Å². The molecule has 2 fully saturated rings. The number of piperazine rings is 1. The van der Waals surface area contributed by atoms with E-state index < -0.39 is 0 Å². The normalized spacial score (nSPS) is 24.1. The molecule has 1 saturated carbocycles. The molecule has 92 valence electrons. The van der Waals surface area contributed by atoms with Gasteiger partial charge in [0.05, 0.1) is 5.54 Å². The molecule has 1 N–H and O–H groups in total. The zero-order chi connectivity index (χ0) is 11.6. The molecule has 0 spiro atoms. The molecule has 1 heterocycles. The van der Waals surface area contributed by atoms with E-state index in [-0.39, 0.29) is 5.54 Å². The Kier molecular flexibility index (Phi) is 3.65. The van der Waals surface area contributed by atoms with E-state index in [0.717, 1.165) is 32.6 Å². The van der Waals surface area contributed by atoms with Crippen LogP contribution in [0.4, 0.5) is 0 Å². The summed E-state index contributed by atoms with van der Waals surface area (Å²) in [7, 11) is 0. The Balaban J connectivity index is 1.90. The number of rotatable bonds is 4. The van der Waals surface area contributed by atoms with E-state index in [1.54, 1.807) is 0 Å². The van der Waals surface area contributed by atoms with Crippen molar-refractivity contribution in [1.82, 2.24) is 10.2 Å². The number of nitrogens with zero attached hydrogens (tertiary/aromatic N) is 1. The highest BCUT2D eigenvalue weighted by atomic mass is 16.1. The summed E-state index contributed by atoms with van der Waals surface area (Å²) in [4.78, 5) is 14.6. The molecular weight excluding hydrogens is 200 g/mol. The maximum absolute atomic E-state index is 12.3. The van der Waals surface area contributed by atoms with Crippen molar-refractivity contribution < 1.29 is 4.79 Å². The molecule has 1 saturated heterocycles. The summed E-state index contributed by atoms with van der Waals surface area (Å²) in [6.07, 6.45) is 4.66. The Morgan fingerprint density at radius 3 is 2.44 bits per heavy atom. The number of carbonyl (C=O) groups is 1. The Morgan fingerprint density at radius 1 is 1.31 bits per heavy atom. The zero-order valence-electron chi connectivity index (χ0n) is 10.6. The fourth-order valence-electron chi connectivity index (χ4n) is 2.61. The second-order valence-corrected chi connectivity index (χ2v) is 5.72. The maximum Gasteiger partial charge on any atom is 0.152 e. The average molecular weight is 224 g/mol. The van der Waals surface area contributed by atoms with Gasteiger partial charge in [-0.2, -0.15) is 0 Å². The maximum atomic E-state index is 12.3. The van der Waals surface area contributed by atoms with Gasteiger partial charge < -0.3 is 5.32 Å². The Bertz CT molecular complexity index is 253. The van der Waals surface area contributed by atoms with E-state index >= 15 is 0 Å². The van der Waals surface area contributed by atoms with Crippen LogP contribution >= 0.6 is 0 Å². The lowest BCUT2D eigenvalue weighted by molar-refractivity contribution is -0.131. The predicted molar refractivity (Wildman–Crippen MR) is 65.5 cm³/mol. The van der Waals surface area contributed by atoms with Crippen LogP contribution in [-0.2, 0) is 4.79 Å². The second kappa shape index (κ2) is 4.84. The lowest BCUT2D eigenvalue weighted by Crippen LogP contribution is -2.57. The average Bonchev–Trinajstić information content (AvgIpc) is 2.24. The Morgan fingerprint density at radius 2 is 1.94 bits per heavy atom. The summed E-state index contributed by atoms with van der Waals surface area (Å²) < 4.78 is 0. The van der Waals surface area contributed by atoms with Crippen LogP contribution in [0.25, 0.3) is 0 Å². The van der Waals surface area contributed by atoms with Crippen LogP contribution in [0, 0.1) is 5.92 Å². The molecule has 1 aliphatic heterocycles. The summed E-state index contributed by atoms with van der Waals surface area (Å²) in [6.45, 7) is 8.23. The number of ketones is 1. The number of nitrogens with one attached hydrogen (secondary N) is 1. The molecule has 0 amide bonds. The van der Waals surface area contributed by atoms with Crippen molar-refractivity contribution in [2.24, 2.45) is 5.92 Å². The van der Waals surface area contributed by atoms with E-state index in [1.165, 1.54) is 19.3 Å². The minimum atomic E-state index is -0.252. The summed E-state index contributed by atoms with van der Waals surface area (Å²) >= 11 is 0. The van der Waals surface area contributed by atoms with Crippen molar-refractivity contribution in [1.29, 1.82) is 0 Å². The van der Waals surface area contributed by atoms with Gasteiger partial charge in [-0.05, 0) is 19.8 Å². The molecule has 3 nitrogen and oxygen atoms in total. The summed E-state index contributed by atoms with van der Waals surface area (Å²) in [5.74, 6) is 1.13. The quantitative estimate of drug-likeness (QED) is 0.784. The van der Waals surface area contributed by atoms with Crippen molar-refractivity contribution in [2.45, 2.75) is 45.1 Å². The van der Waals surface area contributed by atoms with Gasteiger partial charge in [0, 0.05) is 32.6 Å². The number of hydrogen-bond donors (Lipinski definition) is 1. The number of Topliss-reactive ketones (excluding diaryl/α,β-unsaturated/α-hetero) is 1. The first-order chi connectivity index (χ1) is 7.60. The van der Waals surface area contributed by atoms with E-state index in [0.29, 0.717) is 11.7 Å². The molecule has 0 unspecified atom stereocenters. The van der Waals surface area contributed by atoms with Gasteiger partial charge in [0.15, 0.2) is 5.78 Å². The van der Waals surface area contributed by atoms with Crippen LogP contribution in [-0.4, -0.2) is 42.4 Å². The molecule has 0 aromatic rings. The van der Waals surface area contributed by atoms with Crippen LogP contribution in [0.3, 0.4) is 0 Å². The van der Waals surface area contributed by atoms with Gasteiger partial charge in [-0.3, -0.25) is 9.69 Å². The fourth-order valence-corrected chi connectivity index (χ4v) is 2.61. The van der Waals surface area contributed by atoms with Gasteiger partial charge in [-0.15, -0.1) is 0 Å². The van der Waals surface area contributed by atoms with Gasteiger partial charge >= 0.3 is 0 Å². The smallest absolute Gasteiger partial charge is 0.152 e. The Labute approximate surface area is 98.6 Å². The van der Waals surface area contributed by atoms with Crippen LogP contribution in [0.2, 0.25) is 0 Å². The highest BCUT2D eigenvalue weighted by molar-refractivity contribution is 5.87. The lowest BCUT2D eigenvalue weighted by atomic mass is 9.78. The first-order valence-electron chi connectivity index (χ1n) is 6.60. The summed E-state index contributed by atoms with van der Waals surface area (Å²) in [5, 5.41) is 3.34. The van der Waals surface area contributed by atoms with E-state index in [1.807, 2.05) is 0 Å². The van der Waals surface area contributed by atoms with Crippen molar-refractivity contribution in [3.8, 4) is 0 Å². The number of hydrogen-bond acceptors (Lipinski definition) is 3. The molecular formula is C13H24N2O. The molecule has 3 heteroatoms. The first kappa shape index (κ1) is 12.1. The van der Waals surface area contributed by atoms with Crippen LogP contribution in [0.5, 0.6) is 0 Å². The number of carbonyl (C=O) groups excluding carboxylic acids is 1. The SMILES string of the molecule is CC(C)(C(=O)CC1CCC1)N1CCNCC1. The molecule has 0 aromatic heterocycles.